The number of rotatable bonds is 3. The number of anilines is 2. The maximum Gasteiger partial charge on any atom is 0.146 e. The molecule has 0 unspecified atom stereocenters. The van der Waals surface area contributed by atoms with Crippen LogP contribution in [0.5, 0.6) is 0 Å². The van der Waals surface area contributed by atoms with Crippen LogP contribution in [0.25, 0.3) is 0 Å². The van der Waals surface area contributed by atoms with Crippen molar-refractivity contribution in [2.75, 3.05) is 11.9 Å². The lowest BCUT2D eigenvalue weighted by atomic mass is 10.1. The maximum absolute atomic E-state index is 13.8. The molecule has 2 rings (SSSR count). The Morgan fingerprint density at radius 2 is 2.00 bits per heavy atom. The molecular formula is C14H14ClFN2. The predicted octanol–water partition coefficient (Wildman–Crippen LogP) is 3.71. The van der Waals surface area contributed by atoms with Crippen LogP contribution >= 0.6 is 11.6 Å². The van der Waals surface area contributed by atoms with E-state index in [-0.39, 0.29) is 5.82 Å². The van der Waals surface area contributed by atoms with E-state index in [0.29, 0.717) is 17.3 Å². The van der Waals surface area contributed by atoms with Crippen molar-refractivity contribution in [1.82, 2.24) is 0 Å². The predicted molar refractivity (Wildman–Crippen MR) is 73.8 cm³/mol. The van der Waals surface area contributed by atoms with Gasteiger partial charge >= 0.3 is 0 Å². The molecule has 0 spiro atoms. The van der Waals surface area contributed by atoms with Gasteiger partial charge in [-0.1, -0.05) is 23.7 Å². The van der Waals surface area contributed by atoms with Gasteiger partial charge in [0.05, 0.1) is 5.69 Å². The average Bonchev–Trinajstić information content (AvgIpc) is 2.41. The molecule has 4 heteroatoms. The number of nitrogens with zero attached hydrogens (tertiary/aromatic N) is 1. The minimum atomic E-state index is -0.306. The molecule has 0 saturated carbocycles. The summed E-state index contributed by atoms with van der Waals surface area (Å²) in [5.74, 6) is -0.306. The highest BCUT2D eigenvalue weighted by molar-refractivity contribution is 6.30. The number of hydrogen-bond donors (Lipinski definition) is 1. The highest BCUT2D eigenvalue weighted by Crippen LogP contribution is 2.29. The van der Waals surface area contributed by atoms with Crippen LogP contribution < -0.4 is 10.6 Å². The van der Waals surface area contributed by atoms with Gasteiger partial charge in [-0.15, -0.1) is 0 Å². The van der Waals surface area contributed by atoms with E-state index in [2.05, 4.69) is 0 Å². The quantitative estimate of drug-likeness (QED) is 0.916. The molecule has 0 amide bonds. The lowest BCUT2D eigenvalue weighted by Gasteiger charge is -2.21. The minimum absolute atomic E-state index is 0.306. The Morgan fingerprint density at radius 3 is 2.72 bits per heavy atom. The molecular weight excluding hydrogens is 251 g/mol. The van der Waals surface area contributed by atoms with Crippen molar-refractivity contribution in [1.29, 1.82) is 0 Å². The zero-order chi connectivity index (χ0) is 13.1. The average molecular weight is 265 g/mol. The minimum Gasteiger partial charge on any atom is -0.342 e. The third-order valence-electron chi connectivity index (χ3n) is 2.80. The van der Waals surface area contributed by atoms with Crippen LogP contribution in [-0.2, 0) is 6.54 Å². The monoisotopic (exact) mass is 264 g/mol. The van der Waals surface area contributed by atoms with Crippen molar-refractivity contribution in [3.63, 3.8) is 0 Å². The molecule has 2 aromatic carbocycles. The number of halogens is 2. The molecule has 0 aliphatic carbocycles. The van der Waals surface area contributed by atoms with Gasteiger partial charge in [0.2, 0.25) is 0 Å². The zero-order valence-electron chi connectivity index (χ0n) is 10.0. The van der Waals surface area contributed by atoms with Crippen LogP contribution in [0.15, 0.2) is 42.5 Å². The van der Waals surface area contributed by atoms with Gasteiger partial charge in [0, 0.05) is 24.3 Å². The van der Waals surface area contributed by atoms with Gasteiger partial charge in [0.15, 0.2) is 0 Å². The van der Waals surface area contributed by atoms with Gasteiger partial charge in [-0.2, -0.15) is 0 Å². The molecule has 94 valence electrons. The van der Waals surface area contributed by atoms with E-state index in [4.69, 9.17) is 17.3 Å². The first kappa shape index (κ1) is 12.9. The molecule has 0 bridgehead atoms. The molecule has 0 aliphatic rings. The van der Waals surface area contributed by atoms with Crippen molar-refractivity contribution in [3.05, 3.63) is 58.9 Å². The van der Waals surface area contributed by atoms with Crippen molar-refractivity contribution in [2.45, 2.75) is 6.54 Å². The van der Waals surface area contributed by atoms with Gasteiger partial charge in [-0.05, 0) is 35.9 Å². The summed E-state index contributed by atoms with van der Waals surface area (Å²) in [5, 5.41) is 0.508. The third kappa shape index (κ3) is 2.63. The summed E-state index contributed by atoms with van der Waals surface area (Å²) in [7, 11) is 1.80. The fourth-order valence-corrected chi connectivity index (χ4v) is 1.94. The number of benzene rings is 2. The van der Waals surface area contributed by atoms with E-state index in [1.54, 1.807) is 18.0 Å². The summed E-state index contributed by atoms with van der Waals surface area (Å²) < 4.78 is 13.8. The largest absolute Gasteiger partial charge is 0.342 e. The first-order valence-corrected chi connectivity index (χ1v) is 5.97. The van der Waals surface area contributed by atoms with Gasteiger partial charge < -0.3 is 10.6 Å². The molecule has 0 radical (unpaired) electrons. The van der Waals surface area contributed by atoms with Crippen LogP contribution in [-0.4, -0.2) is 7.05 Å². The van der Waals surface area contributed by atoms with Crippen molar-refractivity contribution >= 4 is 23.0 Å². The second-order valence-electron chi connectivity index (χ2n) is 4.03. The summed E-state index contributed by atoms with van der Waals surface area (Å²) in [6.07, 6.45) is 0. The topological polar surface area (TPSA) is 29.3 Å². The molecule has 0 aliphatic heterocycles. The SMILES string of the molecule is CN(c1cccc(CN)c1)c1cc(Cl)ccc1F. The summed E-state index contributed by atoms with van der Waals surface area (Å²) in [6.45, 7) is 0.458. The molecule has 2 aromatic rings. The number of nitrogens with two attached hydrogens (primary N) is 1. The summed E-state index contributed by atoms with van der Waals surface area (Å²) in [4.78, 5) is 1.75. The fraction of sp³-hybridized carbons (Fsp3) is 0.143. The van der Waals surface area contributed by atoms with E-state index in [1.165, 1.54) is 12.1 Å². The van der Waals surface area contributed by atoms with E-state index < -0.39 is 0 Å². The van der Waals surface area contributed by atoms with E-state index >= 15 is 0 Å². The van der Waals surface area contributed by atoms with Crippen LogP contribution in [0.2, 0.25) is 5.02 Å². The fourth-order valence-electron chi connectivity index (χ4n) is 1.77. The van der Waals surface area contributed by atoms with E-state index in [0.717, 1.165) is 11.3 Å². The van der Waals surface area contributed by atoms with E-state index in [1.807, 2.05) is 24.3 Å². The Hall–Kier alpha value is -1.58. The molecule has 0 heterocycles. The van der Waals surface area contributed by atoms with Gasteiger partial charge in [0.1, 0.15) is 5.82 Å². The Balaban J connectivity index is 2.40. The lowest BCUT2D eigenvalue weighted by molar-refractivity contribution is 0.627. The van der Waals surface area contributed by atoms with Crippen molar-refractivity contribution in [2.24, 2.45) is 5.73 Å². The highest BCUT2D eigenvalue weighted by atomic mass is 35.5. The third-order valence-corrected chi connectivity index (χ3v) is 3.04. The summed E-state index contributed by atoms with van der Waals surface area (Å²) in [6, 6.07) is 12.2. The lowest BCUT2D eigenvalue weighted by Crippen LogP contribution is -2.11. The zero-order valence-corrected chi connectivity index (χ0v) is 10.8. The Labute approximate surface area is 111 Å². The van der Waals surface area contributed by atoms with E-state index in [9.17, 15) is 4.39 Å². The van der Waals surface area contributed by atoms with Crippen molar-refractivity contribution < 1.29 is 4.39 Å². The summed E-state index contributed by atoms with van der Waals surface area (Å²) in [5.41, 5.74) is 7.92. The Kier molecular flexibility index (Phi) is 3.84. The molecule has 0 fully saturated rings. The van der Waals surface area contributed by atoms with Crippen LogP contribution in [0, 0.1) is 5.82 Å². The standard InChI is InChI=1S/C14H14ClFN2/c1-18(12-4-2-3-10(7-12)9-17)14-8-11(15)5-6-13(14)16/h2-8H,9,17H2,1H3. The maximum atomic E-state index is 13.8. The molecule has 0 saturated heterocycles. The second kappa shape index (κ2) is 5.38. The second-order valence-corrected chi connectivity index (χ2v) is 4.47. The Morgan fingerprint density at radius 1 is 1.22 bits per heavy atom. The van der Waals surface area contributed by atoms with Crippen LogP contribution in [0.4, 0.5) is 15.8 Å². The van der Waals surface area contributed by atoms with Gasteiger partial charge in [-0.3, -0.25) is 0 Å². The summed E-state index contributed by atoms with van der Waals surface area (Å²) >= 11 is 5.89. The molecule has 2 N–H and O–H groups in total. The highest BCUT2D eigenvalue weighted by Gasteiger charge is 2.10. The smallest absolute Gasteiger partial charge is 0.146 e. The van der Waals surface area contributed by atoms with Gasteiger partial charge in [0.25, 0.3) is 0 Å². The first-order chi connectivity index (χ1) is 8.61. The first-order valence-electron chi connectivity index (χ1n) is 5.59. The van der Waals surface area contributed by atoms with Crippen molar-refractivity contribution in [3.8, 4) is 0 Å². The molecule has 0 atom stereocenters. The van der Waals surface area contributed by atoms with Crippen LogP contribution in [0.1, 0.15) is 5.56 Å². The Bertz CT molecular complexity index is 557. The van der Waals surface area contributed by atoms with Gasteiger partial charge in [-0.25, -0.2) is 4.39 Å². The normalized spacial score (nSPS) is 10.4. The molecule has 0 aromatic heterocycles. The van der Waals surface area contributed by atoms with Crippen LogP contribution in [0.3, 0.4) is 0 Å². The molecule has 2 nitrogen and oxygen atoms in total. The number of hydrogen-bond acceptors (Lipinski definition) is 2. The molecule has 18 heavy (non-hydrogen) atoms.